The molecule has 1 unspecified atom stereocenters. The van der Waals surface area contributed by atoms with Crippen LogP contribution in [0.4, 0.5) is 0 Å². The van der Waals surface area contributed by atoms with Gasteiger partial charge in [0.2, 0.25) is 5.91 Å². The molecule has 0 saturated carbocycles. The van der Waals surface area contributed by atoms with Gasteiger partial charge in [0.05, 0.1) is 7.11 Å². The summed E-state index contributed by atoms with van der Waals surface area (Å²) >= 11 is 0. The molecule has 6 nitrogen and oxygen atoms in total. The molecule has 0 aromatic carbocycles. The number of rotatable bonds is 5. The zero-order chi connectivity index (χ0) is 12.9. The van der Waals surface area contributed by atoms with Gasteiger partial charge in [-0.2, -0.15) is 0 Å². The Morgan fingerprint density at radius 1 is 1.25 bits per heavy atom. The molecule has 16 heavy (non-hydrogen) atoms. The summed E-state index contributed by atoms with van der Waals surface area (Å²) in [4.78, 5) is 34.6. The molecule has 0 radical (unpaired) electrons. The quantitative estimate of drug-likeness (QED) is 0.536. The molecule has 6 heteroatoms. The van der Waals surface area contributed by atoms with Crippen molar-refractivity contribution < 1.29 is 24.2 Å². The van der Waals surface area contributed by atoms with Gasteiger partial charge in [0.25, 0.3) is 0 Å². The molecule has 0 rings (SSSR count). The maximum absolute atomic E-state index is 11.7. The molecule has 0 fully saturated rings. The molecule has 92 valence electrons. The minimum absolute atomic E-state index is 0.232. The van der Waals surface area contributed by atoms with Gasteiger partial charge in [-0.1, -0.05) is 0 Å². The number of nitrogens with zero attached hydrogens (tertiary/aromatic N) is 1. The molecule has 0 aliphatic carbocycles. The van der Waals surface area contributed by atoms with E-state index >= 15 is 0 Å². The molecular formula is C10H17NO5. The summed E-state index contributed by atoms with van der Waals surface area (Å²) in [7, 11) is 1.21. The van der Waals surface area contributed by atoms with E-state index in [0.717, 1.165) is 0 Å². The van der Waals surface area contributed by atoms with Crippen molar-refractivity contribution in [3.05, 3.63) is 0 Å². The molecule has 0 spiro atoms. The van der Waals surface area contributed by atoms with E-state index in [1.54, 1.807) is 13.8 Å². The van der Waals surface area contributed by atoms with Crippen LogP contribution in [0.1, 0.15) is 20.8 Å². The third kappa shape index (κ3) is 3.88. The topological polar surface area (TPSA) is 83.9 Å². The Bertz CT molecular complexity index is 287. The Balaban J connectivity index is 4.72. The number of carbonyl (C=O) groups excluding carboxylic acids is 2. The summed E-state index contributed by atoms with van der Waals surface area (Å²) in [5.74, 6) is -3.53. The number of carbonyl (C=O) groups is 3. The Kier molecular flexibility index (Phi) is 5.49. The predicted molar refractivity (Wildman–Crippen MR) is 55.7 cm³/mol. The summed E-state index contributed by atoms with van der Waals surface area (Å²) < 4.78 is 4.44. The first-order valence-electron chi connectivity index (χ1n) is 4.91. The van der Waals surface area contributed by atoms with Crippen LogP contribution in [-0.2, 0) is 19.1 Å². The number of methoxy groups -OCH3 is 1. The van der Waals surface area contributed by atoms with Crippen LogP contribution in [0.25, 0.3) is 0 Å². The van der Waals surface area contributed by atoms with Crippen LogP contribution in [0.5, 0.6) is 0 Å². The smallest absolute Gasteiger partial charge is 0.325 e. The highest BCUT2D eigenvalue weighted by atomic mass is 16.5. The first-order chi connectivity index (χ1) is 7.31. The molecule has 0 aliphatic heterocycles. The van der Waals surface area contributed by atoms with Gasteiger partial charge in [0.1, 0.15) is 12.5 Å². The number of carboxylic acids is 1. The normalized spacial score (nSPS) is 12.1. The van der Waals surface area contributed by atoms with Crippen LogP contribution in [0.15, 0.2) is 0 Å². The third-order valence-electron chi connectivity index (χ3n) is 2.17. The van der Waals surface area contributed by atoms with Crippen molar-refractivity contribution >= 4 is 17.8 Å². The Morgan fingerprint density at radius 2 is 1.75 bits per heavy atom. The largest absolute Gasteiger partial charge is 0.481 e. The minimum atomic E-state index is -1.21. The number of hydrogen-bond donors (Lipinski definition) is 1. The second kappa shape index (κ2) is 6.09. The number of esters is 1. The molecule has 0 bridgehead atoms. The van der Waals surface area contributed by atoms with Crippen molar-refractivity contribution in [3.8, 4) is 0 Å². The van der Waals surface area contributed by atoms with Gasteiger partial charge < -0.3 is 14.7 Å². The number of amides is 1. The molecule has 1 atom stereocenters. The highest BCUT2D eigenvalue weighted by molar-refractivity contribution is 5.97. The van der Waals surface area contributed by atoms with E-state index in [0.29, 0.717) is 0 Å². The average Bonchev–Trinajstić information content (AvgIpc) is 2.22. The summed E-state index contributed by atoms with van der Waals surface area (Å²) in [6.45, 7) is 4.47. The number of ether oxygens (including phenoxy) is 1. The van der Waals surface area contributed by atoms with Crippen molar-refractivity contribution in [2.75, 3.05) is 13.7 Å². The molecule has 0 saturated heterocycles. The van der Waals surface area contributed by atoms with E-state index < -0.39 is 23.8 Å². The van der Waals surface area contributed by atoms with Gasteiger partial charge in [0.15, 0.2) is 0 Å². The Morgan fingerprint density at radius 3 is 2.06 bits per heavy atom. The van der Waals surface area contributed by atoms with Crippen molar-refractivity contribution in [1.29, 1.82) is 0 Å². The summed E-state index contributed by atoms with van der Waals surface area (Å²) in [6.07, 6.45) is 0. The minimum Gasteiger partial charge on any atom is -0.481 e. The Hall–Kier alpha value is -1.59. The molecule has 0 aromatic rings. The van der Waals surface area contributed by atoms with Gasteiger partial charge in [0, 0.05) is 6.04 Å². The summed E-state index contributed by atoms with van der Waals surface area (Å²) in [6, 6.07) is -0.256. The first-order valence-corrected chi connectivity index (χ1v) is 4.91. The van der Waals surface area contributed by atoms with Crippen molar-refractivity contribution in [2.45, 2.75) is 26.8 Å². The van der Waals surface area contributed by atoms with Crippen LogP contribution in [0, 0.1) is 5.92 Å². The molecule has 0 aromatic heterocycles. The molecule has 1 N–H and O–H groups in total. The van der Waals surface area contributed by atoms with Gasteiger partial charge in [-0.05, 0) is 20.8 Å². The first kappa shape index (κ1) is 14.4. The van der Waals surface area contributed by atoms with E-state index in [1.165, 1.54) is 18.9 Å². The van der Waals surface area contributed by atoms with Crippen LogP contribution in [0.3, 0.4) is 0 Å². The van der Waals surface area contributed by atoms with E-state index in [2.05, 4.69) is 4.74 Å². The standard InChI is InChI=1S/C10H17NO5/c1-6(2)11(5-8(12)16-4)9(13)7(3)10(14)15/h6-7H,5H2,1-4H3,(H,14,15). The van der Waals surface area contributed by atoms with Crippen LogP contribution < -0.4 is 0 Å². The molecular weight excluding hydrogens is 214 g/mol. The van der Waals surface area contributed by atoms with Crippen LogP contribution in [0.2, 0.25) is 0 Å². The average molecular weight is 231 g/mol. The lowest BCUT2D eigenvalue weighted by Gasteiger charge is -2.27. The number of hydrogen-bond acceptors (Lipinski definition) is 4. The summed E-state index contributed by atoms with van der Waals surface area (Å²) in [5, 5.41) is 8.71. The van der Waals surface area contributed by atoms with Crippen molar-refractivity contribution in [2.24, 2.45) is 5.92 Å². The molecule has 0 aliphatic rings. The lowest BCUT2D eigenvalue weighted by molar-refractivity contribution is -0.155. The van der Waals surface area contributed by atoms with Gasteiger partial charge in [-0.15, -0.1) is 0 Å². The second-order valence-electron chi connectivity index (χ2n) is 3.70. The van der Waals surface area contributed by atoms with Crippen molar-refractivity contribution in [1.82, 2.24) is 4.90 Å². The van der Waals surface area contributed by atoms with Gasteiger partial charge in [-0.3, -0.25) is 14.4 Å². The highest BCUT2D eigenvalue weighted by Crippen LogP contribution is 2.07. The fourth-order valence-electron chi connectivity index (χ4n) is 1.07. The Labute approximate surface area is 94.2 Å². The van der Waals surface area contributed by atoms with E-state index in [1.807, 2.05) is 0 Å². The van der Waals surface area contributed by atoms with Crippen molar-refractivity contribution in [3.63, 3.8) is 0 Å². The maximum Gasteiger partial charge on any atom is 0.325 e. The SMILES string of the molecule is COC(=O)CN(C(=O)C(C)C(=O)O)C(C)C. The zero-order valence-corrected chi connectivity index (χ0v) is 9.89. The lowest BCUT2D eigenvalue weighted by atomic mass is 10.1. The number of carboxylic acid groups (broad SMARTS) is 1. The van der Waals surface area contributed by atoms with Crippen LogP contribution in [-0.4, -0.2) is 47.5 Å². The fraction of sp³-hybridized carbons (Fsp3) is 0.700. The molecule has 0 heterocycles. The second-order valence-corrected chi connectivity index (χ2v) is 3.70. The van der Waals surface area contributed by atoms with E-state index in [4.69, 9.17) is 5.11 Å². The zero-order valence-electron chi connectivity index (χ0n) is 9.89. The molecule has 1 amide bonds. The fourth-order valence-corrected chi connectivity index (χ4v) is 1.07. The third-order valence-corrected chi connectivity index (χ3v) is 2.17. The van der Waals surface area contributed by atoms with Crippen LogP contribution >= 0.6 is 0 Å². The van der Waals surface area contributed by atoms with Gasteiger partial charge >= 0.3 is 11.9 Å². The maximum atomic E-state index is 11.7. The number of aliphatic carboxylic acids is 1. The van der Waals surface area contributed by atoms with Gasteiger partial charge in [-0.25, -0.2) is 0 Å². The van der Waals surface area contributed by atoms with E-state index in [-0.39, 0.29) is 12.6 Å². The monoisotopic (exact) mass is 231 g/mol. The predicted octanol–water partition coefficient (Wildman–Crippen LogP) is 0.117. The highest BCUT2D eigenvalue weighted by Gasteiger charge is 2.29. The summed E-state index contributed by atoms with van der Waals surface area (Å²) in [5.41, 5.74) is 0. The van der Waals surface area contributed by atoms with E-state index in [9.17, 15) is 14.4 Å². The lowest BCUT2D eigenvalue weighted by Crippen LogP contribution is -2.45.